The van der Waals surface area contributed by atoms with E-state index in [2.05, 4.69) is 52.8 Å². The van der Waals surface area contributed by atoms with Gasteiger partial charge in [0, 0.05) is 95.6 Å². The maximum atomic E-state index is 15.6. The van der Waals surface area contributed by atoms with Crippen LogP contribution in [0.3, 0.4) is 0 Å². The van der Waals surface area contributed by atoms with Crippen LogP contribution in [-0.4, -0.2) is 288 Å². The normalized spacial score (nSPS) is 23.6. The molecular weight excluding hydrogens is 1760 g/mol. The first-order valence-corrected chi connectivity index (χ1v) is 44.7. The van der Waals surface area contributed by atoms with E-state index in [-0.39, 0.29) is 81.3 Å². The Hall–Kier alpha value is -13.5. The summed E-state index contributed by atoms with van der Waals surface area (Å²) in [7, 11) is 3.52. The number of nitrogens with zero attached hydrogens (tertiary/aromatic N) is 5. The van der Waals surface area contributed by atoms with Gasteiger partial charge in [0.25, 0.3) is 0 Å². The van der Waals surface area contributed by atoms with Gasteiger partial charge in [0.2, 0.25) is 88.6 Å². The van der Waals surface area contributed by atoms with Crippen LogP contribution in [0.4, 0.5) is 17.6 Å². The maximum Gasteiger partial charge on any atom is 0.305 e. The molecule has 16 N–H and O–H groups in total. The minimum atomic E-state index is -2.03. The zero-order valence-corrected chi connectivity index (χ0v) is 75.0. The molecule has 9 rings (SSSR count). The average molecular weight is 1870 g/mol. The number of aliphatic hydroxyl groups excluding tert-OH is 1. The number of benzene rings is 5. The van der Waals surface area contributed by atoms with Crippen molar-refractivity contribution >= 4 is 123 Å². The van der Waals surface area contributed by atoms with Gasteiger partial charge in [-0.15, -0.1) is 11.8 Å². The Balaban J connectivity index is 1.13. The molecule has 13 atom stereocenters. The standard InChI is InChI=1S/C91H112F4N16O21S/c1-7-8-21-70-90(131)111-35-16-23-69(111)85(126)103-64(43-76(118)119)82(123)106-78(49(2)3)91(132)108(5)71(40-50-17-10-9-11-18-50)86(127)100-61(32-33-75(116)117)88(129)110-34-15-14-22-68(110)84(125)102-63(42-54-44-97-60-20-13-12-19-57(54)60)81(122)101-62(38-51-26-30-56(113)31-27-51)80(121)104-66(46-112)83(124)105-67(79(120)98-45-73(96)114)47-133-48-74(115)99-65(39-53-36-58(93)77(95)59(94)37-53)87(128)109(6)72(89(130)107(70)4)41-52-24-28-55(92)29-25-52/h9-13,17-20,24-31,36-37,44,49,61-72,78,97,112-113H,7-8,14-16,21-23,32-35,38-43,45-48H2,1-6H3,(H2,96,114)(H,98,120)(H,99,115)(H,100,127)(H,101,122)(H,102,125)(H,103,126)(H,104,121)(H,105,124)(H,106,123)(H,116,117)(H,118,119)/t61-,62-,63-,64-,65-,66-,67-,68+,69+,70-,71-,72-,78-/m0/s1. The van der Waals surface area contributed by atoms with Gasteiger partial charge < -0.3 is 103 Å². The summed E-state index contributed by atoms with van der Waals surface area (Å²) in [5, 5.41) is 64.8. The van der Waals surface area contributed by atoms with Crippen molar-refractivity contribution in [2.45, 2.75) is 202 Å². The molecule has 0 spiro atoms. The Labute approximate surface area is 767 Å². The highest BCUT2D eigenvalue weighted by Crippen LogP contribution is 2.29. The number of carboxylic acids is 2. The molecule has 6 aromatic rings. The monoisotopic (exact) mass is 1870 g/mol. The van der Waals surface area contributed by atoms with Crippen LogP contribution in [0.1, 0.15) is 119 Å². The molecule has 4 heterocycles. The van der Waals surface area contributed by atoms with E-state index in [4.69, 9.17) is 5.73 Å². The van der Waals surface area contributed by atoms with Crippen LogP contribution in [0.5, 0.6) is 5.75 Å². The van der Waals surface area contributed by atoms with Crippen molar-refractivity contribution in [3.63, 3.8) is 0 Å². The van der Waals surface area contributed by atoms with Crippen molar-refractivity contribution in [3.05, 3.63) is 173 Å². The number of amides is 15. The van der Waals surface area contributed by atoms with Crippen LogP contribution < -0.4 is 53.6 Å². The van der Waals surface area contributed by atoms with E-state index in [0.717, 1.165) is 43.7 Å². The van der Waals surface area contributed by atoms with Gasteiger partial charge in [0.1, 0.15) is 90.1 Å². The molecule has 3 fully saturated rings. The molecule has 0 radical (unpaired) electrons. The Morgan fingerprint density at radius 1 is 0.519 bits per heavy atom. The summed E-state index contributed by atoms with van der Waals surface area (Å²) in [6, 6.07) is 3.46. The number of aliphatic carboxylic acids is 2. The Bertz CT molecular complexity index is 5210. The van der Waals surface area contributed by atoms with Crippen molar-refractivity contribution in [2.24, 2.45) is 11.7 Å². The number of rotatable bonds is 23. The summed E-state index contributed by atoms with van der Waals surface area (Å²) in [4.78, 5) is 257. The number of phenolic OH excluding ortho intramolecular Hbond substituents is 1. The number of aliphatic hydroxyl groups is 1. The number of thioether (sulfide) groups is 1. The zero-order valence-electron chi connectivity index (χ0n) is 74.1. The molecule has 5 aromatic carbocycles. The van der Waals surface area contributed by atoms with Crippen molar-refractivity contribution in [1.29, 1.82) is 0 Å². The molecule has 1 aromatic heterocycles. The number of likely N-dealkylation sites (N-methyl/N-ethyl adjacent to an activating group) is 3. The quantitative estimate of drug-likeness (QED) is 0.0316. The molecule has 3 saturated heterocycles. The number of phenols is 1. The Kier molecular flexibility index (Phi) is 37.7. The van der Waals surface area contributed by atoms with E-state index in [1.54, 1.807) is 67.7 Å². The molecule has 716 valence electrons. The fourth-order valence-corrected chi connectivity index (χ4v) is 17.0. The molecule has 133 heavy (non-hydrogen) atoms. The van der Waals surface area contributed by atoms with Crippen LogP contribution in [0.25, 0.3) is 10.9 Å². The van der Waals surface area contributed by atoms with Gasteiger partial charge in [-0.1, -0.05) is 106 Å². The van der Waals surface area contributed by atoms with E-state index < -0.39 is 277 Å². The first-order valence-electron chi connectivity index (χ1n) is 43.5. The number of aromatic hydroxyl groups is 1. The lowest BCUT2D eigenvalue weighted by Gasteiger charge is -2.38. The van der Waals surface area contributed by atoms with Gasteiger partial charge in [-0.2, -0.15) is 0 Å². The van der Waals surface area contributed by atoms with Crippen LogP contribution in [0, 0.1) is 29.2 Å². The average Bonchev–Trinajstić information content (AvgIpc) is 1.42. The summed E-state index contributed by atoms with van der Waals surface area (Å²) >= 11 is 0.570. The second kappa shape index (κ2) is 48.6. The van der Waals surface area contributed by atoms with E-state index in [1.807, 2.05) is 0 Å². The highest BCUT2D eigenvalue weighted by Gasteiger charge is 2.46. The summed E-state index contributed by atoms with van der Waals surface area (Å²) in [5.74, 6) is -27.8. The van der Waals surface area contributed by atoms with Crippen LogP contribution >= 0.6 is 11.8 Å². The fourth-order valence-electron chi connectivity index (χ4n) is 16.1. The molecule has 0 unspecified atom stereocenters. The molecular formula is C91H112F4N16O21S. The number of aromatic nitrogens is 1. The molecule has 3 aliphatic rings. The third kappa shape index (κ3) is 28.5. The Morgan fingerprint density at radius 2 is 1.05 bits per heavy atom. The second-order valence-electron chi connectivity index (χ2n) is 33.4. The summed E-state index contributed by atoms with van der Waals surface area (Å²) in [5.41, 5.74) is 6.88. The minimum Gasteiger partial charge on any atom is -0.508 e. The third-order valence-electron chi connectivity index (χ3n) is 23.5. The van der Waals surface area contributed by atoms with Gasteiger partial charge in [-0.05, 0) is 121 Å². The number of fused-ring (bicyclic) bond motifs is 3. The van der Waals surface area contributed by atoms with E-state index in [9.17, 15) is 67.6 Å². The maximum absolute atomic E-state index is 15.6. The van der Waals surface area contributed by atoms with Crippen LogP contribution in [0.2, 0.25) is 0 Å². The van der Waals surface area contributed by atoms with E-state index in [1.165, 1.54) is 64.3 Å². The summed E-state index contributed by atoms with van der Waals surface area (Å²) in [6.07, 6.45) is -2.31. The van der Waals surface area contributed by atoms with Crippen molar-refractivity contribution in [2.75, 3.05) is 58.9 Å². The topological polar surface area (TPSA) is 537 Å². The van der Waals surface area contributed by atoms with Gasteiger partial charge in [-0.25, -0.2) is 17.6 Å². The number of aromatic amines is 1. The summed E-state index contributed by atoms with van der Waals surface area (Å²) in [6.45, 7) is 2.36. The highest BCUT2D eigenvalue weighted by molar-refractivity contribution is 8.00. The first kappa shape index (κ1) is 103. The van der Waals surface area contributed by atoms with Crippen molar-refractivity contribution in [3.8, 4) is 5.75 Å². The van der Waals surface area contributed by atoms with E-state index in [0.29, 0.717) is 58.8 Å². The van der Waals surface area contributed by atoms with Gasteiger partial charge in [0.05, 0.1) is 25.3 Å². The number of nitrogens with one attached hydrogen (secondary N) is 10. The predicted molar refractivity (Wildman–Crippen MR) is 473 cm³/mol. The second-order valence-corrected chi connectivity index (χ2v) is 34.5. The molecule has 3 aliphatic heterocycles. The number of unbranched alkanes of at least 4 members (excludes halogenated alkanes) is 1. The number of hydrogen-bond donors (Lipinski definition) is 15. The van der Waals surface area contributed by atoms with Crippen molar-refractivity contribution < 1.29 is 119 Å². The molecule has 0 saturated carbocycles. The van der Waals surface area contributed by atoms with Gasteiger partial charge >= 0.3 is 11.9 Å². The number of primary amides is 1. The largest absolute Gasteiger partial charge is 0.508 e. The zero-order chi connectivity index (χ0) is 97.2. The number of nitrogens with two attached hydrogens (primary N) is 1. The molecule has 37 nitrogen and oxygen atoms in total. The van der Waals surface area contributed by atoms with Crippen LogP contribution in [0.15, 0.2) is 121 Å². The number of halogens is 4. The minimum absolute atomic E-state index is 0.0822. The third-order valence-corrected chi connectivity index (χ3v) is 24.5. The van der Waals surface area contributed by atoms with Crippen LogP contribution in [-0.2, 0) is 114 Å². The molecule has 0 bridgehead atoms. The molecule has 15 amide bonds. The number of H-pyrrole nitrogens is 1. The van der Waals surface area contributed by atoms with Crippen molar-refractivity contribution in [1.82, 2.24) is 77.3 Å². The first-order chi connectivity index (χ1) is 63.2. The van der Waals surface area contributed by atoms with E-state index >= 15 is 51.9 Å². The lowest BCUT2D eigenvalue weighted by molar-refractivity contribution is -0.152. The number of para-hydroxylation sites is 1. The highest BCUT2D eigenvalue weighted by atomic mass is 32.2. The molecule has 0 aliphatic carbocycles. The summed E-state index contributed by atoms with van der Waals surface area (Å²) < 4.78 is 59.6. The number of carboxylic acid groups (broad SMARTS) is 2. The fraction of sp³-hybridized carbons (Fsp3) is 0.462. The number of carbonyl (C=O) groups excluding carboxylic acids is 15. The Morgan fingerprint density at radius 3 is 1.68 bits per heavy atom. The SMILES string of the molecule is CCCC[C@H]1C(=O)N2CCC[C@@H]2C(=O)N[C@@H](CC(=O)O)C(=O)N[C@@H](C(C)C)C(=O)N(C)[C@@H](Cc2ccccc2)C(=O)N[C@@H](CCC(=O)O)C(=O)N2CCCC[C@@H]2C(=O)N[C@@H](Cc2c[nH]c3ccccc23)C(=O)N[C@@H](Cc2ccc(O)cc2)C(=O)N[C@@H](CO)C(=O)N[C@H](C(=O)NCC(N)=O)CSCC(=O)N[C@@H](Cc2cc(F)c(F)c(F)c2)C(=O)N(C)[C@@H](Cc2ccc(F)cc2)C(=O)N1C. The number of carbonyl (C=O) groups is 17. The van der Waals surface area contributed by atoms with Gasteiger partial charge in [-0.3, -0.25) is 81.5 Å². The smallest absolute Gasteiger partial charge is 0.305 e. The number of hydrogen-bond acceptors (Lipinski definition) is 20. The lowest BCUT2D eigenvalue weighted by atomic mass is 9.97. The van der Waals surface area contributed by atoms with Gasteiger partial charge in [0.15, 0.2) is 17.5 Å². The number of piperidine rings is 1. The molecule has 42 heteroatoms. The predicted octanol–water partition coefficient (Wildman–Crippen LogP) is 1.20. The lowest BCUT2D eigenvalue weighted by Crippen LogP contribution is -2.63.